The molecule has 0 heterocycles. The van der Waals surface area contributed by atoms with Gasteiger partial charge in [0.15, 0.2) is 0 Å². The molecule has 1 aliphatic carbocycles. The highest BCUT2D eigenvalue weighted by molar-refractivity contribution is 4.84. The molecule has 13 heavy (non-hydrogen) atoms. The Labute approximate surface area is 81.9 Å². The summed E-state index contributed by atoms with van der Waals surface area (Å²) < 4.78 is 0. The van der Waals surface area contributed by atoms with Gasteiger partial charge in [-0.15, -0.1) is 0 Å². The van der Waals surface area contributed by atoms with Crippen LogP contribution in [0.4, 0.5) is 0 Å². The van der Waals surface area contributed by atoms with E-state index in [1.54, 1.807) is 0 Å². The third kappa shape index (κ3) is 5.87. The lowest BCUT2D eigenvalue weighted by Gasteiger charge is -2.08. The zero-order valence-electron chi connectivity index (χ0n) is 8.54. The molecule has 1 aliphatic rings. The lowest BCUT2D eigenvalue weighted by molar-refractivity contribution is 0.163. The normalized spacial score (nSPS) is 30.1. The van der Waals surface area contributed by atoms with Crippen molar-refractivity contribution in [2.45, 2.75) is 63.9 Å². The quantitative estimate of drug-likeness (QED) is 0.569. The molecular weight excluding hydrogens is 160 g/mol. The molecular formula is C12H22O. The minimum absolute atomic E-state index is 0.0873. The highest BCUT2D eigenvalue weighted by Gasteiger charge is 2.01. The van der Waals surface area contributed by atoms with Crippen molar-refractivity contribution >= 4 is 0 Å². The summed E-state index contributed by atoms with van der Waals surface area (Å²) in [6, 6.07) is 0. The number of aliphatic hydroxyl groups is 1. The van der Waals surface area contributed by atoms with Gasteiger partial charge in [0.05, 0.1) is 6.10 Å². The topological polar surface area (TPSA) is 20.2 Å². The summed E-state index contributed by atoms with van der Waals surface area (Å²) in [6.07, 6.45) is 15.3. The van der Waals surface area contributed by atoms with Gasteiger partial charge in [0.1, 0.15) is 0 Å². The molecule has 76 valence electrons. The van der Waals surface area contributed by atoms with Crippen molar-refractivity contribution < 1.29 is 5.11 Å². The molecule has 0 amide bonds. The van der Waals surface area contributed by atoms with Gasteiger partial charge in [-0.2, -0.15) is 0 Å². The van der Waals surface area contributed by atoms with Gasteiger partial charge >= 0.3 is 0 Å². The molecule has 0 bridgehead atoms. The van der Waals surface area contributed by atoms with Crippen molar-refractivity contribution in [3.8, 4) is 0 Å². The lowest BCUT2D eigenvalue weighted by Crippen LogP contribution is -2.04. The van der Waals surface area contributed by atoms with Crippen LogP contribution in [0.1, 0.15) is 57.8 Å². The van der Waals surface area contributed by atoms with E-state index in [9.17, 15) is 5.11 Å². The first-order chi connectivity index (χ1) is 6.39. The molecule has 0 aromatic carbocycles. The molecule has 0 aromatic rings. The Morgan fingerprint density at radius 3 is 2.38 bits per heavy atom. The van der Waals surface area contributed by atoms with Crippen LogP contribution in [0.5, 0.6) is 0 Å². The largest absolute Gasteiger partial charge is 0.393 e. The fourth-order valence-electron chi connectivity index (χ4n) is 1.84. The van der Waals surface area contributed by atoms with Crippen molar-refractivity contribution in [1.29, 1.82) is 0 Å². The van der Waals surface area contributed by atoms with E-state index in [0.29, 0.717) is 0 Å². The Morgan fingerprint density at radius 1 is 0.846 bits per heavy atom. The fourth-order valence-corrected chi connectivity index (χ4v) is 1.84. The molecule has 1 rings (SSSR count). The summed E-state index contributed by atoms with van der Waals surface area (Å²) in [4.78, 5) is 0. The van der Waals surface area contributed by atoms with Gasteiger partial charge in [0.2, 0.25) is 0 Å². The summed E-state index contributed by atoms with van der Waals surface area (Å²) in [5.41, 5.74) is 0. The van der Waals surface area contributed by atoms with Crippen LogP contribution in [-0.2, 0) is 0 Å². The van der Waals surface area contributed by atoms with E-state index in [0.717, 1.165) is 12.8 Å². The Kier molecular flexibility index (Phi) is 5.92. The molecule has 1 N–H and O–H groups in total. The van der Waals surface area contributed by atoms with Gasteiger partial charge < -0.3 is 5.11 Å². The van der Waals surface area contributed by atoms with E-state index >= 15 is 0 Å². The van der Waals surface area contributed by atoms with E-state index in [4.69, 9.17) is 0 Å². The summed E-state index contributed by atoms with van der Waals surface area (Å²) >= 11 is 0. The van der Waals surface area contributed by atoms with Gasteiger partial charge in [0, 0.05) is 0 Å². The van der Waals surface area contributed by atoms with Crippen LogP contribution < -0.4 is 0 Å². The van der Waals surface area contributed by atoms with E-state index in [-0.39, 0.29) is 6.10 Å². The number of rotatable bonds is 0. The SMILES string of the molecule is OC1C/C=C\CCCCCCCC1. The van der Waals surface area contributed by atoms with Gasteiger partial charge in [-0.05, 0) is 25.7 Å². The van der Waals surface area contributed by atoms with Crippen molar-refractivity contribution in [3.05, 3.63) is 12.2 Å². The van der Waals surface area contributed by atoms with E-state index < -0.39 is 0 Å². The van der Waals surface area contributed by atoms with Crippen molar-refractivity contribution in [2.24, 2.45) is 0 Å². The average molecular weight is 182 g/mol. The predicted octanol–water partition coefficient (Wildman–Crippen LogP) is 3.43. The fraction of sp³-hybridized carbons (Fsp3) is 0.833. The summed E-state index contributed by atoms with van der Waals surface area (Å²) in [5, 5.41) is 9.54. The van der Waals surface area contributed by atoms with Gasteiger partial charge in [-0.3, -0.25) is 0 Å². The van der Waals surface area contributed by atoms with Crippen LogP contribution in [0.3, 0.4) is 0 Å². The monoisotopic (exact) mass is 182 g/mol. The molecule has 1 heteroatoms. The second kappa shape index (κ2) is 7.14. The Balaban J connectivity index is 2.22. The Morgan fingerprint density at radius 2 is 1.54 bits per heavy atom. The first-order valence-corrected chi connectivity index (χ1v) is 5.72. The predicted molar refractivity (Wildman–Crippen MR) is 56.7 cm³/mol. The zero-order chi connectivity index (χ0) is 9.36. The van der Waals surface area contributed by atoms with Crippen LogP contribution in [0, 0.1) is 0 Å². The highest BCUT2D eigenvalue weighted by Crippen LogP contribution is 2.13. The van der Waals surface area contributed by atoms with Crippen LogP contribution in [-0.4, -0.2) is 11.2 Å². The average Bonchev–Trinajstić information content (AvgIpc) is 2.11. The molecule has 0 fully saturated rings. The molecule has 1 nitrogen and oxygen atoms in total. The smallest absolute Gasteiger partial charge is 0.0574 e. The number of allylic oxidation sites excluding steroid dienone is 1. The van der Waals surface area contributed by atoms with E-state index in [1.807, 2.05) is 0 Å². The van der Waals surface area contributed by atoms with Crippen molar-refractivity contribution in [3.63, 3.8) is 0 Å². The molecule has 0 saturated carbocycles. The minimum atomic E-state index is -0.0873. The van der Waals surface area contributed by atoms with Gasteiger partial charge in [-0.1, -0.05) is 44.3 Å². The maximum Gasteiger partial charge on any atom is 0.0574 e. The highest BCUT2D eigenvalue weighted by atomic mass is 16.3. The molecule has 1 unspecified atom stereocenters. The van der Waals surface area contributed by atoms with Gasteiger partial charge in [0.25, 0.3) is 0 Å². The van der Waals surface area contributed by atoms with Crippen molar-refractivity contribution in [1.82, 2.24) is 0 Å². The zero-order valence-corrected chi connectivity index (χ0v) is 8.54. The molecule has 0 radical (unpaired) electrons. The standard InChI is InChI=1S/C12H22O/c13-12-10-8-6-4-2-1-3-5-7-9-11-12/h6,8,12-13H,1-5,7,9-11H2/b8-6-. The second-order valence-electron chi connectivity index (χ2n) is 4.06. The minimum Gasteiger partial charge on any atom is -0.393 e. The first-order valence-electron chi connectivity index (χ1n) is 5.72. The summed E-state index contributed by atoms with van der Waals surface area (Å²) in [5.74, 6) is 0. The van der Waals surface area contributed by atoms with Gasteiger partial charge in [-0.25, -0.2) is 0 Å². The van der Waals surface area contributed by atoms with Crippen LogP contribution in [0.15, 0.2) is 12.2 Å². The Bertz CT molecular complexity index is 140. The summed E-state index contributed by atoms with van der Waals surface area (Å²) in [6.45, 7) is 0. The Hall–Kier alpha value is -0.300. The molecule has 1 atom stereocenters. The summed E-state index contributed by atoms with van der Waals surface area (Å²) in [7, 11) is 0. The number of aliphatic hydroxyl groups excluding tert-OH is 1. The number of hydrogen-bond acceptors (Lipinski definition) is 1. The van der Waals surface area contributed by atoms with E-state index in [2.05, 4.69) is 12.2 Å². The van der Waals surface area contributed by atoms with Crippen LogP contribution in [0.25, 0.3) is 0 Å². The molecule has 0 spiro atoms. The maximum atomic E-state index is 9.54. The molecule has 0 aromatic heterocycles. The third-order valence-electron chi connectivity index (χ3n) is 2.73. The molecule has 0 aliphatic heterocycles. The maximum absolute atomic E-state index is 9.54. The van der Waals surface area contributed by atoms with Crippen LogP contribution in [0.2, 0.25) is 0 Å². The first kappa shape index (κ1) is 10.8. The second-order valence-corrected chi connectivity index (χ2v) is 4.06. The molecule has 0 saturated heterocycles. The van der Waals surface area contributed by atoms with Crippen molar-refractivity contribution in [2.75, 3.05) is 0 Å². The third-order valence-corrected chi connectivity index (χ3v) is 2.73. The number of hydrogen-bond donors (Lipinski definition) is 1. The lowest BCUT2D eigenvalue weighted by atomic mass is 10.0. The van der Waals surface area contributed by atoms with Crippen LogP contribution >= 0.6 is 0 Å². The van der Waals surface area contributed by atoms with E-state index in [1.165, 1.54) is 44.9 Å².